The van der Waals surface area contributed by atoms with Crippen LogP contribution in [0.25, 0.3) is 0 Å². The van der Waals surface area contributed by atoms with E-state index in [0.29, 0.717) is 10.0 Å². The molecular weight excluding hydrogens is 275 g/mol. The molecule has 0 N–H and O–H groups in total. The molecule has 0 bridgehead atoms. The number of anilines is 1. The lowest BCUT2D eigenvalue weighted by atomic mass is 10.1. The normalized spacial score (nSPS) is 10.8. The lowest BCUT2D eigenvalue weighted by molar-refractivity contribution is 0.101. The van der Waals surface area contributed by atoms with Crippen LogP contribution in [-0.2, 0) is 0 Å². The van der Waals surface area contributed by atoms with Crippen LogP contribution in [0, 0.1) is 5.82 Å². The van der Waals surface area contributed by atoms with Gasteiger partial charge < -0.3 is 4.90 Å². The number of aliphatic imine (C=N–C) groups is 1. The van der Waals surface area contributed by atoms with E-state index in [9.17, 15) is 9.18 Å². The maximum atomic E-state index is 13.8. The lowest BCUT2D eigenvalue weighted by Crippen LogP contribution is -2.19. The van der Waals surface area contributed by atoms with Gasteiger partial charge in [-0.05, 0) is 19.1 Å². The smallest absolute Gasteiger partial charge is 0.162 e. The van der Waals surface area contributed by atoms with Crippen molar-refractivity contribution in [2.45, 2.75) is 6.92 Å². The number of nitrogens with zero attached hydrogens (tertiary/aromatic N) is 2. The second-order valence-electron chi connectivity index (χ2n) is 3.32. The Bertz CT molecular complexity index is 446. The van der Waals surface area contributed by atoms with E-state index in [1.165, 1.54) is 24.2 Å². The summed E-state index contributed by atoms with van der Waals surface area (Å²) in [5.74, 6) is -0.645. The third-order valence-corrected chi connectivity index (χ3v) is 2.51. The summed E-state index contributed by atoms with van der Waals surface area (Å²) in [6, 6.07) is 2.92. The molecule has 0 aromatic heterocycles. The molecule has 0 atom stereocenters. The first-order valence-electron chi connectivity index (χ1n) is 4.62. The van der Waals surface area contributed by atoms with Crippen LogP contribution >= 0.6 is 15.9 Å². The number of benzene rings is 1. The van der Waals surface area contributed by atoms with Crippen molar-refractivity contribution in [1.82, 2.24) is 0 Å². The molecule has 0 saturated heterocycles. The topological polar surface area (TPSA) is 32.7 Å². The minimum atomic E-state index is -0.457. The van der Waals surface area contributed by atoms with Crippen LogP contribution in [0.3, 0.4) is 0 Å². The molecule has 16 heavy (non-hydrogen) atoms. The van der Waals surface area contributed by atoms with E-state index in [1.807, 2.05) is 0 Å². The minimum absolute atomic E-state index is 0.188. The Balaban J connectivity index is 3.40. The maximum absolute atomic E-state index is 13.8. The van der Waals surface area contributed by atoms with Gasteiger partial charge in [0.2, 0.25) is 0 Å². The van der Waals surface area contributed by atoms with Crippen LogP contribution in [0.4, 0.5) is 10.1 Å². The van der Waals surface area contributed by atoms with Crippen LogP contribution in [0.2, 0.25) is 0 Å². The average Bonchev–Trinajstić information content (AvgIpc) is 2.16. The number of carbonyl (C=O) groups is 1. The van der Waals surface area contributed by atoms with Crippen molar-refractivity contribution < 1.29 is 9.18 Å². The van der Waals surface area contributed by atoms with Gasteiger partial charge >= 0.3 is 0 Å². The van der Waals surface area contributed by atoms with Gasteiger partial charge in [0.15, 0.2) is 5.78 Å². The summed E-state index contributed by atoms with van der Waals surface area (Å²) in [6.45, 7) is 1.40. The number of carbonyl (C=O) groups excluding carboxylic acids is 1. The van der Waals surface area contributed by atoms with Gasteiger partial charge in [-0.2, -0.15) is 0 Å². The fourth-order valence-electron chi connectivity index (χ4n) is 1.42. The molecule has 0 saturated carbocycles. The number of Topliss-reactive ketones (excluding diaryl/α,β-unsaturated/α-hetero) is 1. The molecule has 0 radical (unpaired) electrons. The van der Waals surface area contributed by atoms with Crippen molar-refractivity contribution in [2.24, 2.45) is 4.99 Å². The molecule has 1 aromatic carbocycles. The third-order valence-electron chi connectivity index (χ3n) is 2.05. The van der Waals surface area contributed by atoms with Gasteiger partial charge in [0, 0.05) is 24.1 Å². The van der Waals surface area contributed by atoms with Gasteiger partial charge in [-0.15, -0.1) is 0 Å². The Morgan fingerprint density at radius 3 is 2.69 bits per heavy atom. The molecule has 1 aromatic rings. The average molecular weight is 287 g/mol. The van der Waals surface area contributed by atoms with Gasteiger partial charge in [0.25, 0.3) is 0 Å². The Morgan fingerprint density at radius 1 is 1.56 bits per heavy atom. The van der Waals surface area contributed by atoms with E-state index in [2.05, 4.69) is 20.9 Å². The second kappa shape index (κ2) is 5.21. The Labute approximate surface area is 102 Å². The quantitative estimate of drug-likeness (QED) is 0.486. The van der Waals surface area contributed by atoms with Crippen molar-refractivity contribution >= 4 is 33.7 Å². The molecule has 0 aliphatic heterocycles. The van der Waals surface area contributed by atoms with Crippen molar-refractivity contribution in [3.05, 3.63) is 28.0 Å². The van der Waals surface area contributed by atoms with Gasteiger partial charge in [-0.1, -0.05) is 15.9 Å². The Hall–Kier alpha value is -1.23. The van der Waals surface area contributed by atoms with E-state index in [4.69, 9.17) is 0 Å². The van der Waals surface area contributed by atoms with Crippen LogP contribution < -0.4 is 4.90 Å². The van der Waals surface area contributed by atoms with E-state index < -0.39 is 5.82 Å². The zero-order chi connectivity index (χ0) is 12.3. The summed E-state index contributed by atoms with van der Waals surface area (Å²) in [4.78, 5) is 16.7. The highest BCUT2D eigenvalue weighted by atomic mass is 79.9. The second-order valence-corrected chi connectivity index (χ2v) is 4.24. The number of hydrogen-bond acceptors (Lipinski definition) is 2. The molecule has 5 heteroatoms. The summed E-state index contributed by atoms with van der Waals surface area (Å²) in [5.41, 5.74) is 0.565. The summed E-state index contributed by atoms with van der Waals surface area (Å²) in [6.07, 6.45) is 1.46. The molecule has 0 spiro atoms. The molecule has 0 aliphatic rings. The zero-order valence-corrected chi connectivity index (χ0v) is 10.9. The molecule has 0 unspecified atom stereocenters. The summed E-state index contributed by atoms with van der Waals surface area (Å²) >= 11 is 3.16. The predicted octanol–water partition coefficient (Wildman–Crippen LogP) is 2.89. The fraction of sp³-hybridized carbons (Fsp3) is 0.273. The van der Waals surface area contributed by atoms with Crippen LogP contribution in [0.1, 0.15) is 17.3 Å². The highest BCUT2D eigenvalue weighted by Crippen LogP contribution is 2.27. The van der Waals surface area contributed by atoms with E-state index in [0.717, 1.165) is 0 Å². The van der Waals surface area contributed by atoms with Crippen LogP contribution in [0.5, 0.6) is 0 Å². The SMILES string of the molecule is C/N=C/N(C)c1c(F)cc(Br)cc1C(C)=O. The highest BCUT2D eigenvalue weighted by Gasteiger charge is 2.16. The predicted molar refractivity (Wildman–Crippen MR) is 66.9 cm³/mol. The first kappa shape index (κ1) is 12.8. The van der Waals surface area contributed by atoms with Crippen molar-refractivity contribution in [2.75, 3.05) is 19.0 Å². The number of ketones is 1. The van der Waals surface area contributed by atoms with Gasteiger partial charge in [0.1, 0.15) is 5.82 Å². The number of hydrogen-bond donors (Lipinski definition) is 0. The number of rotatable bonds is 3. The highest BCUT2D eigenvalue weighted by molar-refractivity contribution is 9.10. The third kappa shape index (κ3) is 2.66. The van der Waals surface area contributed by atoms with Gasteiger partial charge in [0.05, 0.1) is 12.0 Å². The molecule has 0 amide bonds. The van der Waals surface area contributed by atoms with Crippen LogP contribution in [-0.4, -0.2) is 26.2 Å². The largest absolute Gasteiger partial charge is 0.333 e. The molecule has 0 aliphatic carbocycles. The summed E-state index contributed by atoms with van der Waals surface area (Å²) in [7, 11) is 3.23. The van der Waals surface area contributed by atoms with Crippen molar-refractivity contribution in [1.29, 1.82) is 0 Å². The first-order valence-corrected chi connectivity index (χ1v) is 5.41. The number of halogens is 2. The molecular formula is C11H12BrFN2O. The summed E-state index contributed by atoms with van der Waals surface area (Å²) < 4.78 is 14.3. The standard InChI is InChI=1S/C11H12BrFN2O/c1-7(16)9-4-8(12)5-10(13)11(9)15(3)6-14-2/h4-6H,1-3H3/b14-6+. The molecule has 0 fully saturated rings. The molecule has 0 heterocycles. The minimum Gasteiger partial charge on any atom is -0.333 e. The monoisotopic (exact) mass is 286 g/mol. The first-order chi connectivity index (χ1) is 7.47. The van der Waals surface area contributed by atoms with Crippen LogP contribution in [0.15, 0.2) is 21.6 Å². The Morgan fingerprint density at radius 2 is 2.19 bits per heavy atom. The Kier molecular flexibility index (Phi) is 4.18. The summed E-state index contributed by atoms with van der Waals surface area (Å²) in [5, 5.41) is 0. The lowest BCUT2D eigenvalue weighted by Gasteiger charge is -2.17. The molecule has 86 valence electrons. The molecule has 1 rings (SSSR count). The fourth-order valence-corrected chi connectivity index (χ4v) is 1.85. The zero-order valence-electron chi connectivity index (χ0n) is 9.29. The van der Waals surface area contributed by atoms with E-state index in [1.54, 1.807) is 20.2 Å². The van der Waals surface area contributed by atoms with E-state index >= 15 is 0 Å². The molecule has 3 nitrogen and oxygen atoms in total. The van der Waals surface area contributed by atoms with E-state index in [-0.39, 0.29) is 11.5 Å². The van der Waals surface area contributed by atoms with Gasteiger partial charge in [-0.25, -0.2) is 4.39 Å². The van der Waals surface area contributed by atoms with Gasteiger partial charge in [-0.3, -0.25) is 9.79 Å². The van der Waals surface area contributed by atoms with Crippen molar-refractivity contribution in [3.63, 3.8) is 0 Å². The van der Waals surface area contributed by atoms with Crippen molar-refractivity contribution in [3.8, 4) is 0 Å². The maximum Gasteiger partial charge on any atom is 0.162 e.